The predicted octanol–water partition coefficient (Wildman–Crippen LogP) is 1.43. The summed E-state index contributed by atoms with van der Waals surface area (Å²) in [6.07, 6.45) is -4.55. The van der Waals surface area contributed by atoms with Crippen molar-refractivity contribution in [3.8, 4) is 0 Å². The molecule has 1 saturated heterocycles. The van der Waals surface area contributed by atoms with Crippen LogP contribution in [0.15, 0.2) is 29.2 Å². The summed E-state index contributed by atoms with van der Waals surface area (Å²) >= 11 is 0. The Hall–Kier alpha value is -1.20. The molecule has 11 heteroatoms. The van der Waals surface area contributed by atoms with Crippen molar-refractivity contribution in [2.45, 2.75) is 24.0 Å². The third kappa shape index (κ3) is 5.92. The van der Waals surface area contributed by atoms with E-state index in [1.165, 1.54) is 30.0 Å². The molecule has 0 spiro atoms. The second-order valence-electron chi connectivity index (χ2n) is 5.78. The van der Waals surface area contributed by atoms with E-state index in [1.807, 2.05) is 4.72 Å². The molecular formula is C15H21ClF3N3O3S. The lowest BCUT2D eigenvalue weighted by Gasteiger charge is -2.35. The highest BCUT2D eigenvalue weighted by atomic mass is 35.5. The van der Waals surface area contributed by atoms with Crippen LogP contribution in [-0.2, 0) is 10.0 Å². The molecule has 148 valence electrons. The first-order chi connectivity index (χ1) is 11.6. The van der Waals surface area contributed by atoms with Crippen molar-refractivity contribution in [1.29, 1.82) is 0 Å². The fraction of sp³-hybridized carbons (Fsp3) is 0.533. The summed E-state index contributed by atoms with van der Waals surface area (Å²) in [5.41, 5.74) is 0.178. The van der Waals surface area contributed by atoms with E-state index in [9.17, 15) is 26.4 Å². The zero-order valence-electron chi connectivity index (χ0n) is 14.0. The molecule has 0 radical (unpaired) electrons. The van der Waals surface area contributed by atoms with E-state index in [4.69, 9.17) is 0 Å². The average Bonchev–Trinajstić information content (AvgIpc) is 2.54. The molecule has 6 nitrogen and oxygen atoms in total. The van der Waals surface area contributed by atoms with Gasteiger partial charge < -0.3 is 5.32 Å². The Morgan fingerprint density at radius 2 is 1.92 bits per heavy atom. The van der Waals surface area contributed by atoms with Crippen LogP contribution in [0.1, 0.15) is 17.3 Å². The molecule has 1 aromatic rings. The van der Waals surface area contributed by atoms with Gasteiger partial charge in [-0.2, -0.15) is 13.2 Å². The number of benzene rings is 1. The number of ketones is 1. The third-order valence-electron chi connectivity index (χ3n) is 3.99. The number of sulfonamides is 1. The third-order valence-corrected chi connectivity index (χ3v) is 5.41. The number of rotatable bonds is 6. The van der Waals surface area contributed by atoms with E-state index in [1.54, 1.807) is 0 Å². The van der Waals surface area contributed by atoms with Gasteiger partial charge in [0.15, 0.2) is 5.78 Å². The molecule has 1 unspecified atom stereocenters. The first kappa shape index (κ1) is 22.8. The number of hydrogen-bond acceptors (Lipinski definition) is 5. The Balaban J connectivity index is 0.00000338. The first-order valence-electron chi connectivity index (χ1n) is 7.73. The lowest BCUT2D eigenvalue weighted by atomic mass is 10.2. The quantitative estimate of drug-likeness (QED) is 0.687. The van der Waals surface area contributed by atoms with E-state index < -0.39 is 28.8 Å². The fourth-order valence-corrected chi connectivity index (χ4v) is 3.68. The molecule has 2 rings (SSSR count). The van der Waals surface area contributed by atoms with Crippen LogP contribution in [-0.4, -0.2) is 64.0 Å². The molecule has 0 saturated carbocycles. The van der Waals surface area contributed by atoms with E-state index in [-0.39, 0.29) is 41.7 Å². The second-order valence-corrected chi connectivity index (χ2v) is 7.55. The van der Waals surface area contributed by atoms with Crippen LogP contribution in [0, 0.1) is 0 Å². The largest absolute Gasteiger partial charge is 0.405 e. The molecule has 1 heterocycles. The first-order valence-corrected chi connectivity index (χ1v) is 9.22. The molecule has 0 aromatic heterocycles. The van der Waals surface area contributed by atoms with Crippen LogP contribution in [0.4, 0.5) is 13.2 Å². The molecule has 1 fully saturated rings. The van der Waals surface area contributed by atoms with Gasteiger partial charge in [0.05, 0.1) is 4.90 Å². The van der Waals surface area contributed by atoms with Gasteiger partial charge in [-0.1, -0.05) is 12.1 Å². The summed E-state index contributed by atoms with van der Waals surface area (Å²) in [5.74, 6) is -0.328. The molecule has 0 amide bonds. The smallest absolute Gasteiger partial charge is 0.314 e. The van der Waals surface area contributed by atoms with Crippen LogP contribution < -0.4 is 10.0 Å². The Bertz CT molecular complexity index is 722. The van der Waals surface area contributed by atoms with Crippen molar-refractivity contribution in [1.82, 2.24) is 14.9 Å². The zero-order valence-corrected chi connectivity index (χ0v) is 15.7. The van der Waals surface area contributed by atoms with E-state index >= 15 is 0 Å². The second kappa shape index (κ2) is 9.14. The van der Waals surface area contributed by atoms with Crippen molar-refractivity contribution in [2.24, 2.45) is 0 Å². The van der Waals surface area contributed by atoms with Crippen LogP contribution in [0.3, 0.4) is 0 Å². The number of carbonyl (C=O) groups excluding carboxylic acids is 1. The maximum absolute atomic E-state index is 13.3. The monoisotopic (exact) mass is 415 g/mol. The van der Waals surface area contributed by atoms with Gasteiger partial charge in [0.1, 0.15) is 6.04 Å². The summed E-state index contributed by atoms with van der Waals surface area (Å²) in [5, 5.41) is 2.96. The summed E-state index contributed by atoms with van der Waals surface area (Å²) in [7, 11) is -4.15. The van der Waals surface area contributed by atoms with Gasteiger partial charge in [-0.3, -0.25) is 9.69 Å². The van der Waals surface area contributed by atoms with Gasteiger partial charge in [-0.25, -0.2) is 13.1 Å². The van der Waals surface area contributed by atoms with E-state index in [2.05, 4.69) is 5.32 Å². The normalized spacial score (nSPS) is 17.4. The van der Waals surface area contributed by atoms with Gasteiger partial charge in [0.25, 0.3) is 0 Å². The number of nitrogens with zero attached hydrogens (tertiary/aromatic N) is 1. The molecule has 1 aliphatic rings. The highest BCUT2D eigenvalue weighted by Gasteiger charge is 2.44. The van der Waals surface area contributed by atoms with Gasteiger partial charge in [0, 0.05) is 38.3 Å². The highest BCUT2D eigenvalue weighted by Crippen LogP contribution is 2.25. The molecular weight excluding hydrogens is 395 g/mol. The Kier molecular flexibility index (Phi) is 8.03. The Labute approximate surface area is 156 Å². The van der Waals surface area contributed by atoms with Crippen molar-refractivity contribution in [3.05, 3.63) is 29.8 Å². The van der Waals surface area contributed by atoms with Crippen LogP contribution >= 0.6 is 12.4 Å². The highest BCUT2D eigenvalue weighted by molar-refractivity contribution is 7.89. The van der Waals surface area contributed by atoms with Crippen molar-refractivity contribution >= 4 is 28.2 Å². The molecule has 2 N–H and O–H groups in total. The van der Waals surface area contributed by atoms with Gasteiger partial charge in [-0.05, 0) is 19.1 Å². The number of Topliss-reactive ketones (excluding diaryl/α,β-unsaturated/α-hetero) is 1. The average molecular weight is 416 g/mol. The number of alkyl halides is 3. The van der Waals surface area contributed by atoms with Crippen molar-refractivity contribution in [2.75, 3.05) is 32.7 Å². The molecule has 0 aliphatic carbocycles. The molecule has 1 atom stereocenters. The molecule has 26 heavy (non-hydrogen) atoms. The number of halogens is 4. The molecule has 1 aliphatic heterocycles. The fourth-order valence-electron chi connectivity index (χ4n) is 2.60. The number of nitrogens with one attached hydrogen (secondary N) is 2. The van der Waals surface area contributed by atoms with Crippen molar-refractivity contribution in [3.63, 3.8) is 0 Å². The van der Waals surface area contributed by atoms with Gasteiger partial charge in [-0.15, -0.1) is 12.4 Å². The van der Waals surface area contributed by atoms with E-state index in [0.29, 0.717) is 13.1 Å². The topological polar surface area (TPSA) is 78.5 Å². The standard InChI is InChI=1S/C15H20F3N3O3S.ClH/c1-11(22)12-3-2-4-13(9-12)25(23,24)20-10-14(15(16,17)18)21-7-5-19-6-8-21;/h2-4,9,14,19-20H,5-8,10H2,1H3;1H. The van der Waals surface area contributed by atoms with Crippen LogP contribution in [0.5, 0.6) is 0 Å². The number of hydrogen-bond donors (Lipinski definition) is 2. The Morgan fingerprint density at radius 3 is 2.46 bits per heavy atom. The zero-order chi connectivity index (χ0) is 18.7. The van der Waals surface area contributed by atoms with Gasteiger partial charge in [0.2, 0.25) is 10.0 Å². The minimum Gasteiger partial charge on any atom is -0.314 e. The van der Waals surface area contributed by atoms with Gasteiger partial charge >= 0.3 is 6.18 Å². The lowest BCUT2D eigenvalue weighted by molar-refractivity contribution is -0.182. The maximum Gasteiger partial charge on any atom is 0.405 e. The van der Waals surface area contributed by atoms with Crippen LogP contribution in [0.2, 0.25) is 0 Å². The minimum atomic E-state index is -4.55. The lowest BCUT2D eigenvalue weighted by Crippen LogP contribution is -2.57. The van der Waals surface area contributed by atoms with Crippen molar-refractivity contribution < 1.29 is 26.4 Å². The predicted molar refractivity (Wildman–Crippen MR) is 93.2 cm³/mol. The molecule has 1 aromatic carbocycles. The SMILES string of the molecule is CC(=O)c1cccc(S(=O)(=O)NCC(N2CCNCC2)C(F)(F)F)c1.Cl. The van der Waals surface area contributed by atoms with E-state index in [0.717, 1.165) is 6.07 Å². The summed E-state index contributed by atoms with van der Waals surface area (Å²) in [4.78, 5) is 12.3. The maximum atomic E-state index is 13.3. The minimum absolute atomic E-state index is 0. The summed E-state index contributed by atoms with van der Waals surface area (Å²) in [6.45, 7) is 1.71. The van der Waals surface area contributed by atoms with Crippen LogP contribution in [0.25, 0.3) is 0 Å². The number of piperazine rings is 1. The summed E-state index contributed by atoms with van der Waals surface area (Å²) < 4.78 is 66.6. The number of carbonyl (C=O) groups is 1. The Morgan fingerprint density at radius 1 is 1.31 bits per heavy atom. The molecule has 0 bridgehead atoms. The summed E-state index contributed by atoms with van der Waals surface area (Å²) in [6, 6.07) is 3.31.